The third-order valence-electron chi connectivity index (χ3n) is 2.79. The van der Waals surface area contributed by atoms with Crippen molar-refractivity contribution >= 4 is 11.8 Å². The number of methoxy groups -OCH3 is 1. The maximum atomic E-state index is 11.4. The topological polar surface area (TPSA) is 81.0 Å². The number of aryl methyl sites for hydroxylation is 1. The fraction of sp³-hybridized carbons (Fsp3) is 0.286. The first-order valence-corrected chi connectivity index (χ1v) is 7.18. The monoisotopic (exact) mass is 291 g/mol. The van der Waals surface area contributed by atoms with E-state index in [1.54, 1.807) is 14.0 Å². The van der Waals surface area contributed by atoms with E-state index in [9.17, 15) is 4.79 Å². The molecule has 6 heteroatoms. The summed E-state index contributed by atoms with van der Waals surface area (Å²) in [6.07, 6.45) is 0. The summed E-state index contributed by atoms with van der Waals surface area (Å²) in [6, 6.07) is 8.92. The summed E-state index contributed by atoms with van der Waals surface area (Å²) in [6.45, 7) is 1.79. The summed E-state index contributed by atoms with van der Waals surface area (Å²) in [4.78, 5) is 18.3. The predicted octanol–water partition coefficient (Wildman–Crippen LogP) is 1.88. The van der Waals surface area contributed by atoms with Gasteiger partial charge in [-0.3, -0.25) is 4.79 Å². The number of H-pyrrole nitrogens is 1. The average molecular weight is 291 g/mol. The highest BCUT2D eigenvalue weighted by Gasteiger charge is 2.12. The average Bonchev–Trinajstić information content (AvgIpc) is 2.43. The van der Waals surface area contributed by atoms with Crippen molar-refractivity contribution in [1.82, 2.24) is 9.97 Å². The van der Waals surface area contributed by atoms with E-state index < -0.39 is 0 Å². The van der Waals surface area contributed by atoms with Crippen molar-refractivity contribution in [1.29, 1.82) is 0 Å². The Morgan fingerprint density at radius 2 is 2.20 bits per heavy atom. The lowest BCUT2D eigenvalue weighted by Gasteiger charge is -2.14. The number of hydrogen-bond donors (Lipinski definition) is 2. The lowest BCUT2D eigenvalue weighted by Crippen LogP contribution is -2.15. The van der Waals surface area contributed by atoms with Crippen LogP contribution in [0, 0.1) is 6.92 Å². The number of nitrogens with zero attached hydrogens (tertiary/aromatic N) is 1. The Balaban J connectivity index is 2.08. The third kappa shape index (κ3) is 3.61. The molecule has 0 amide bonds. The Kier molecular flexibility index (Phi) is 4.81. The number of benzene rings is 1. The van der Waals surface area contributed by atoms with Gasteiger partial charge >= 0.3 is 0 Å². The Labute approximate surface area is 121 Å². The van der Waals surface area contributed by atoms with Crippen LogP contribution in [0.15, 0.2) is 40.3 Å². The number of aromatic nitrogens is 2. The zero-order valence-corrected chi connectivity index (χ0v) is 12.2. The number of nitrogens with one attached hydrogen (secondary N) is 1. The van der Waals surface area contributed by atoms with Gasteiger partial charge in [-0.25, -0.2) is 4.98 Å². The molecule has 0 spiro atoms. The second kappa shape index (κ2) is 6.58. The van der Waals surface area contributed by atoms with Crippen LogP contribution in [0.1, 0.15) is 17.3 Å². The maximum absolute atomic E-state index is 11.4. The Hall–Kier alpha value is -1.79. The van der Waals surface area contributed by atoms with Crippen molar-refractivity contribution in [2.45, 2.75) is 18.1 Å². The molecule has 0 radical (unpaired) electrons. The van der Waals surface area contributed by atoms with Crippen molar-refractivity contribution < 1.29 is 4.74 Å². The van der Waals surface area contributed by atoms with Crippen LogP contribution >= 0.6 is 11.8 Å². The Morgan fingerprint density at radius 1 is 1.45 bits per heavy atom. The van der Waals surface area contributed by atoms with Crippen molar-refractivity contribution in [2.75, 3.05) is 12.9 Å². The van der Waals surface area contributed by atoms with Crippen LogP contribution < -0.4 is 16.0 Å². The van der Waals surface area contributed by atoms with Crippen LogP contribution in [0.5, 0.6) is 5.75 Å². The third-order valence-corrected chi connectivity index (χ3v) is 3.78. The van der Waals surface area contributed by atoms with Crippen LogP contribution in [-0.2, 0) is 0 Å². The van der Waals surface area contributed by atoms with Gasteiger partial charge < -0.3 is 15.5 Å². The van der Waals surface area contributed by atoms with Crippen molar-refractivity contribution in [2.24, 2.45) is 5.73 Å². The summed E-state index contributed by atoms with van der Waals surface area (Å²) in [5.74, 6) is 1.37. The maximum Gasteiger partial charge on any atom is 0.251 e. The second-order valence-corrected chi connectivity index (χ2v) is 5.36. The molecule has 0 aliphatic rings. The number of rotatable bonds is 5. The summed E-state index contributed by atoms with van der Waals surface area (Å²) in [5, 5.41) is 0.584. The molecule has 0 fully saturated rings. The Bertz CT molecular complexity index is 642. The number of hydrogen-bond acceptors (Lipinski definition) is 5. The first-order chi connectivity index (χ1) is 9.60. The van der Waals surface area contributed by atoms with E-state index in [0.29, 0.717) is 16.6 Å². The molecule has 1 heterocycles. The van der Waals surface area contributed by atoms with Gasteiger partial charge in [-0.2, -0.15) is 0 Å². The van der Waals surface area contributed by atoms with Gasteiger partial charge in [0.2, 0.25) is 0 Å². The summed E-state index contributed by atoms with van der Waals surface area (Å²) in [7, 11) is 1.62. The summed E-state index contributed by atoms with van der Waals surface area (Å²) >= 11 is 1.42. The number of nitrogens with two attached hydrogens (primary N) is 1. The summed E-state index contributed by atoms with van der Waals surface area (Å²) < 4.78 is 5.29. The number of ether oxygens (including phenoxy) is 1. The molecule has 5 nitrogen and oxygen atoms in total. The molecule has 1 unspecified atom stereocenters. The van der Waals surface area contributed by atoms with Gasteiger partial charge in [0, 0.05) is 29.1 Å². The molecule has 3 N–H and O–H groups in total. The van der Waals surface area contributed by atoms with E-state index in [-0.39, 0.29) is 11.6 Å². The molecule has 2 rings (SSSR count). The Morgan fingerprint density at radius 3 is 2.90 bits per heavy atom. The van der Waals surface area contributed by atoms with Crippen LogP contribution in [0.2, 0.25) is 0 Å². The zero-order valence-electron chi connectivity index (χ0n) is 11.4. The van der Waals surface area contributed by atoms with Gasteiger partial charge in [0.1, 0.15) is 5.75 Å². The lowest BCUT2D eigenvalue weighted by molar-refractivity contribution is 0.407. The minimum atomic E-state index is -0.193. The molecular weight excluding hydrogens is 274 g/mol. The largest absolute Gasteiger partial charge is 0.496 e. The SMILES string of the molecule is COc1ccccc1C(N)CSc1nc(C)cc(=O)[nH]1. The normalized spacial score (nSPS) is 12.2. The molecule has 1 aromatic heterocycles. The highest BCUT2D eigenvalue weighted by Crippen LogP contribution is 2.27. The van der Waals surface area contributed by atoms with E-state index in [1.165, 1.54) is 17.8 Å². The minimum absolute atomic E-state index is 0.147. The number of aromatic amines is 1. The standard InChI is InChI=1S/C14H17N3O2S/c1-9-7-13(18)17-14(16-9)20-8-11(15)10-5-3-4-6-12(10)19-2/h3-7,11H,8,15H2,1-2H3,(H,16,17,18). The fourth-order valence-electron chi connectivity index (χ4n) is 1.85. The molecule has 2 aromatic rings. The van der Waals surface area contributed by atoms with E-state index in [1.807, 2.05) is 24.3 Å². The first-order valence-electron chi connectivity index (χ1n) is 6.19. The van der Waals surface area contributed by atoms with Crippen LogP contribution in [-0.4, -0.2) is 22.8 Å². The van der Waals surface area contributed by atoms with Crippen molar-refractivity contribution in [3.63, 3.8) is 0 Å². The fourth-order valence-corrected chi connectivity index (χ4v) is 2.75. The van der Waals surface area contributed by atoms with Gasteiger partial charge in [0.15, 0.2) is 5.16 Å². The molecule has 0 saturated heterocycles. The molecule has 1 aromatic carbocycles. The van der Waals surface area contributed by atoms with Crippen molar-refractivity contribution in [3.8, 4) is 5.75 Å². The smallest absolute Gasteiger partial charge is 0.251 e. The van der Waals surface area contributed by atoms with Gasteiger partial charge in [0.25, 0.3) is 5.56 Å². The molecule has 0 aliphatic carbocycles. The molecule has 106 valence electrons. The minimum Gasteiger partial charge on any atom is -0.496 e. The van der Waals surface area contributed by atoms with Crippen LogP contribution in [0.3, 0.4) is 0 Å². The van der Waals surface area contributed by atoms with Gasteiger partial charge in [-0.05, 0) is 13.0 Å². The van der Waals surface area contributed by atoms with E-state index in [4.69, 9.17) is 10.5 Å². The lowest BCUT2D eigenvalue weighted by atomic mass is 10.1. The number of thioether (sulfide) groups is 1. The highest BCUT2D eigenvalue weighted by molar-refractivity contribution is 7.99. The van der Waals surface area contributed by atoms with Gasteiger partial charge in [-0.1, -0.05) is 30.0 Å². The molecule has 0 saturated carbocycles. The first kappa shape index (κ1) is 14.6. The summed E-state index contributed by atoms with van der Waals surface area (Å²) in [5.41, 5.74) is 7.67. The highest BCUT2D eigenvalue weighted by atomic mass is 32.2. The molecule has 20 heavy (non-hydrogen) atoms. The number of para-hydroxylation sites is 1. The molecule has 0 bridgehead atoms. The van der Waals surface area contributed by atoms with Gasteiger partial charge in [-0.15, -0.1) is 0 Å². The molecular formula is C14H17N3O2S. The second-order valence-electron chi connectivity index (χ2n) is 4.35. The van der Waals surface area contributed by atoms with Crippen molar-refractivity contribution in [3.05, 3.63) is 51.9 Å². The van der Waals surface area contributed by atoms with Crippen LogP contribution in [0.4, 0.5) is 0 Å². The van der Waals surface area contributed by atoms with E-state index in [2.05, 4.69) is 9.97 Å². The zero-order chi connectivity index (χ0) is 14.5. The van der Waals surface area contributed by atoms with E-state index >= 15 is 0 Å². The molecule has 1 atom stereocenters. The predicted molar refractivity (Wildman–Crippen MR) is 80.2 cm³/mol. The quantitative estimate of drug-likeness (QED) is 0.649. The van der Waals surface area contributed by atoms with E-state index in [0.717, 1.165) is 11.3 Å². The van der Waals surface area contributed by atoms with Crippen LogP contribution in [0.25, 0.3) is 0 Å². The molecule has 0 aliphatic heterocycles. The van der Waals surface area contributed by atoms with Gasteiger partial charge in [0.05, 0.1) is 7.11 Å².